The van der Waals surface area contributed by atoms with E-state index in [2.05, 4.69) is 17.6 Å². The average molecular weight is 264 g/mol. The quantitative estimate of drug-likeness (QED) is 0.878. The lowest BCUT2D eigenvalue weighted by molar-refractivity contribution is -0.115. The van der Waals surface area contributed by atoms with Crippen molar-refractivity contribution in [2.75, 3.05) is 11.9 Å². The highest BCUT2D eigenvalue weighted by atomic mass is 19.1. The van der Waals surface area contributed by atoms with Crippen LogP contribution in [0, 0.1) is 11.7 Å². The minimum Gasteiger partial charge on any atom is -0.325 e. The van der Waals surface area contributed by atoms with Gasteiger partial charge in [-0.1, -0.05) is 25.8 Å². The topological polar surface area (TPSA) is 41.1 Å². The summed E-state index contributed by atoms with van der Waals surface area (Å²) in [5.41, 5.74) is 0.503. The molecule has 0 radical (unpaired) electrons. The zero-order chi connectivity index (χ0) is 13.7. The summed E-state index contributed by atoms with van der Waals surface area (Å²) in [6, 6.07) is 6.37. The first-order valence-corrected chi connectivity index (χ1v) is 6.94. The maximum Gasteiger partial charge on any atom is 0.238 e. The van der Waals surface area contributed by atoms with Crippen molar-refractivity contribution in [2.24, 2.45) is 5.92 Å². The fraction of sp³-hybridized carbons (Fsp3) is 0.533. The van der Waals surface area contributed by atoms with E-state index in [1.165, 1.54) is 31.4 Å². The SMILES string of the molecule is CC1CCCCC1NCC(=O)Nc1cccc(F)c1. The third kappa shape index (κ3) is 4.31. The van der Waals surface area contributed by atoms with Gasteiger partial charge in [0.15, 0.2) is 0 Å². The molecule has 0 aliphatic heterocycles. The summed E-state index contributed by atoms with van der Waals surface area (Å²) in [6.07, 6.45) is 4.87. The van der Waals surface area contributed by atoms with E-state index in [9.17, 15) is 9.18 Å². The second-order valence-electron chi connectivity index (χ2n) is 5.31. The Kier molecular flexibility index (Phi) is 4.91. The maximum atomic E-state index is 13.0. The molecule has 2 rings (SSSR count). The van der Waals surface area contributed by atoms with Gasteiger partial charge in [-0.05, 0) is 37.0 Å². The van der Waals surface area contributed by atoms with Gasteiger partial charge in [0, 0.05) is 11.7 Å². The minimum absolute atomic E-state index is 0.122. The Labute approximate surface area is 113 Å². The van der Waals surface area contributed by atoms with Crippen LogP contribution in [-0.2, 0) is 4.79 Å². The molecular formula is C15H21FN2O. The summed E-state index contributed by atoms with van der Waals surface area (Å²) >= 11 is 0. The van der Waals surface area contributed by atoms with E-state index in [-0.39, 0.29) is 18.3 Å². The fourth-order valence-electron chi connectivity index (χ4n) is 2.61. The van der Waals surface area contributed by atoms with Crippen LogP contribution in [0.3, 0.4) is 0 Å². The fourth-order valence-corrected chi connectivity index (χ4v) is 2.61. The number of carbonyl (C=O) groups is 1. The van der Waals surface area contributed by atoms with E-state index in [1.54, 1.807) is 12.1 Å². The zero-order valence-electron chi connectivity index (χ0n) is 11.3. The van der Waals surface area contributed by atoms with Crippen molar-refractivity contribution in [3.05, 3.63) is 30.1 Å². The lowest BCUT2D eigenvalue weighted by atomic mass is 9.86. The number of halogens is 1. The van der Waals surface area contributed by atoms with Gasteiger partial charge in [0.25, 0.3) is 0 Å². The Balaban J connectivity index is 1.78. The lowest BCUT2D eigenvalue weighted by Crippen LogP contribution is -2.41. The van der Waals surface area contributed by atoms with Gasteiger partial charge < -0.3 is 10.6 Å². The van der Waals surface area contributed by atoms with Gasteiger partial charge in [0.05, 0.1) is 6.54 Å². The van der Waals surface area contributed by atoms with Crippen LogP contribution in [0.5, 0.6) is 0 Å². The van der Waals surface area contributed by atoms with Gasteiger partial charge in [-0.15, -0.1) is 0 Å². The lowest BCUT2D eigenvalue weighted by Gasteiger charge is -2.29. The molecule has 3 nitrogen and oxygen atoms in total. The Bertz CT molecular complexity index is 436. The number of rotatable bonds is 4. The molecule has 1 aliphatic rings. The van der Waals surface area contributed by atoms with E-state index < -0.39 is 0 Å². The first kappa shape index (κ1) is 14.0. The summed E-state index contributed by atoms with van der Waals surface area (Å²) in [4.78, 5) is 11.8. The van der Waals surface area contributed by atoms with E-state index in [0.717, 1.165) is 6.42 Å². The van der Waals surface area contributed by atoms with Crippen molar-refractivity contribution >= 4 is 11.6 Å². The number of hydrogen-bond donors (Lipinski definition) is 2. The van der Waals surface area contributed by atoms with Crippen LogP contribution >= 0.6 is 0 Å². The third-order valence-corrected chi connectivity index (χ3v) is 3.74. The third-order valence-electron chi connectivity index (χ3n) is 3.74. The van der Waals surface area contributed by atoms with Gasteiger partial charge in [0.2, 0.25) is 5.91 Å². The predicted molar refractivity (Wildman–Crippen MR) is 74.5 cm³/mol. The molecule has 0 heterocycles. The van der Waals surface area contributed by atoms with Crippen LogP contribution < -0.4 is 10.6 Å². The van der Waals surface area contributed by atoms with Crippen LogP contribution in [-0.4, -0.2) is 18.5 Å². The van der Waals surface area contributed by atoms with E-state index >= 15 is 0 Å². The van der Waals surface area contributed by atoms with Crippen molar-refractivity contribution < 1.29 is 9.18 Å². The van der Waals surface area contributed by atoms with Gasteiger partial charge in [-0.25, -0.2) is 4.39 Å². The summed E-state index contributed by atoms with van der Waals surface area (Å²) < 4.78 is 13.0. The molecule has 1 aromatic carbocycles. The Morgan fingerprint density at radius 1 is 1.37 bits per heavy atom. The number of hydrogen-bond acceptors (Lipinski definition) is 2. The Hall–Kier alpha value is -1.42. The molecule has 1 aromatic rings. The van der Waals surface area contributed by atoms with Crippen LogP contribution in [0.2, 0.25) is 0 Å². The molecule has 0 bridgehead atoms. The summed E-state index contributed by atoms with van der Waals surface area (Å²) in [6.45, 7) is 2.51. The summed E-state index contributed by atoms with van der Waals surface area (Å²) in [5.74, 6) is 0.158. The van der Waals surface area contributed by atoms with Crippen LogP contribution in [0.1, 0.15) is 32.6 Å². The second-order valence-corrected chi connectivity index (χ2v) is 5.31. The number of nitrogens with one attached hydrogen (secondary N) is 2. The molecule has 104 valence electrons. The predicted octanol–water partition coefficient (Wildman–Crippen LogP) is 2.93. The molecule has 1 aliphatic carbocycles. The molecule has 2 N–H and O–H groups in total. The maximum absolute atomic E-state index is 13.0. The summed E-state index contributed by atoms with van der Waals surface area (Å²) in [7, 11) is 0. The first-order chi connectivity index (χ1) is 9.15. The van der Waals surface area contributed by atoms with Crippen LogP contribution in [0.15, 0.2) is 24.3 Å². The van der Waals surface area contributed by atoms with E-state index in [4.69, 9.17) is 0 Å². The highest BCUT2D eigenvalue weighted by Crippen LogP contribution is 2.23. The summed E-state index contributed by atoms with van der Waals surface area (Å²) in [5, 5.41) is 6.00. The zero-order valence-corrected chi connectivity index (χ0v) is 11.3. The normalized spacial score (nSPS) is 23.1. The molecule has 2 unspecified atom stereocenters. The highest BCUT2D eigenvalue weighted by Gasteiger charge is 2.21. The molecule has 0 saturated heterocycles. The Morgan fingerprint density at radius 3 is 2.89 bits per heavy atom. The number of benzene rings is 1. The standard InChI is InChI=1S/C15H21FN2O/c1-11-5-2-3-8-14(11)17-10-15(19)18-13-7-4-6-12(16)9-13/h4,6-7,9,11,14,17H,2-3,5,8,10H2,1H3,(H,18,19). The molecule has 1 fully saturated rings. The minimum atomic E-state index is -0.341. The second kappa shape index (κ2) is 6.66. The molecule has 4 heteroatoms. The molecule has 1 saturated carbocycles. The van der Waals surface area contributed by atoms with E-state index in [0.29, 0.717) is 17.6 Å². The van der Waals surface area contributed by atoms with Crippen molar-refractivity contribution in [3.63, 3.8) is 0 Å². The van der Waals surface area contributed by atoms with Gasteiger partial charge >= 0.3 is 0 Å². The first-order valence-electron chi connectivity index (χ1n) is 6.94. The van der Waals surface area contributed by atoms with Gasteiger partial charge in [0.1, 0.15) is 5.82 Å². The van der Waals surface area contributed by atoms with Crippen LogP contribution in [0.4, 0.5) is 10.1 Å². The number of carbonyl (C=O) groups excluding carboxylic acids is 1. The largest absolute Gasteiger partial charge is 0.325 e. The molecule has 1 amide bonds. The molecule has 0 aromatic heterocycles. The van der Waals surface area contributed by atoms with Crippen molar-refractivity contribution in [1.82, 2.24) is 5.32 Å². The monoisotopic (exact) mass is 264 g/mol. The van der Waals surface area contributed by atoms with Crippen molar-refractivity contribution in [1.29, 1.82) is 0 Å². The number of anilines is 1. The highest BCUT2D eigenvalue weighted by molar-refractivity contribution is 5.92. The van der Waals surface area contributed by atoms with Gasteiger partial charge in [-0.3, -0.25) is 4.79 Å². The molecule has 2 atom stereocenters. The van der Waals surface area contributed by atoms with Crippen LogP contribution in [0.25, 0.3) is 0 Å². The average Bonchev–Trinajstić information content (AvgIpc) is 2.38. The number of amides is 1. The van der Waals surface area contributed by atoms with E-state index in [1.807, 2.05) is 0 Å². The Morgan fingerprint density at radius 2 is 2.16 bits per heavy atom. The molecule has 19 heavy (non-hydrogen) atoms. The molecule has 0 spiro atoms. The van der Waals surface area contributed by atoms with Crippen molar-refractivity contribution in [3.8, 4) is 0 Å². The smallest absolute Gasteiger partial charge is 0.238 e. The van der Waals surface area contributed by atoms with Crippen molar-refractivity contribution in [2.45, 2.75) is 38.6 Å². The molecular weight excluding hydrogens is 243 g/mol. The van der Waals surface area contributed by atoms with Gasteiger partial charge in [-0.2, -0.15) is 0 Å².